The first-order valence-corrected chi connectivity index (χ1v) is 7.01. The molecule has 2 nitrogen and oxygen atoms in total. The van der Waals surface area contributed by atoms with Crippen LogP contribution in [0.3, 0.4) is 0 Å². The summed E-state index contributed by atoms with van der Waals surface area (Å²) in [7, 11) is 2.09. The molecule has 96 valence electrons. The first-order chi connectivity index (χ1) is 7.72. The predicted octanol–water partition coefficient (Wildman–Crippen LogP) is 3.36. The quantitative estimate of drug-likeness (QED) is 0.720. The zero-order valence-corrected chi connectivity index (χ0v) is 11.3. The van der Waals surface area contributed by atoms with Crippen LogP contribution in [0.4, 0.5) is 0 Å². The fraction of sp³-hybridized carbons (Fsp3) is 1.00. The third kappa shape index (κ3) is 5.86. The van der Waals surface area contributed by atoms with Crippen LogP contribution in [0.1, 0.15) is 58.8 Å². The van der Waals surface area contributed by atoms with Crippen LogP contribution in [0.15, 0.2) is 0 Å². The third-order valence-electron chi connectivity index (χ3n) is 3.56. The van der Waals surface area contributed by atoms with Crippen molar-refractivity contribution < 1.29 is 4.74 Å². The van der Waals surface area contributed by atoms with E-state index in [2.05, 4.69) is 26.2 Å². The summed E-state index contributed by atoms with van der Waals surface area (Å²) in [6, 6.07) is 0.654. The maximum atomic E-state index is 5.80. The van der Waals surface area contributed by atoms with Crippen molar-refractivity contribution >= 4 is 0 Å². The molecule has 0 aromatic carbocycles. The Balaban J connectivity index is 2.14. The Morgan fingerprint density at radius 2 is 2.06 bits per heavy atom. The molecule has 0 saturated carbocycles. The fourth-order valence-corrected chi connectivity index (χ4v) is 2.46. The minimum Gasteiger partial charge on any atom is -0.378 e. The molecule has 0 aliphatic carbocycles. The summed E-state index contributed by atoms with van der Waals surface area (Å²) in [5, 5.41) is 3.44. The van der Waals surface area contributed by atoms with Gasteiger partial charge in [0.2, 0.25) is 0 Å². The van der Waals surface area contributed by atoms with Gasteiger partial charge in [-0.05, 0) is 45.1 Å². The monoisotopic (exact) mass is 227 g/mol. The van der Waals surface area contributed by atoms with Gasteiger partial charge in [0, 0.05) is 12.6 Å². The van der Waals surface area contributed by atoms with Gasteiger partial charge >= 0.3 is 0 Å². The summed E-state index contributed by atoms with van der Waals surface area (Å²) in [6.07, 6.45) is 9.59. The van der Waals surface area contributed by atoms with E-state index in [9.17, 15) is 0 Å². The summed E-state index contributed by atoms with van der Waals surface area (Å²) in [6.45, 7) is 5.59. The average Bonchev–Trinajstić information content (AvgIpc) is 2.28. The molecule has 1 rings (SSSR count). The molecule has 1 saturated heterocycles. The van der Waals surface area contributed by atoms with Gasteiger partial charge in [0.25, 0.3) is 0 Å². The van der Waals surface area contributed by atoms with E-state index in [-0.39, 0.29) is 0 Å². The Morgan fingerprint density at radius 1 is 1.25 bits per heavy atom. The standard InChI is InChI=1S/C14H29NO/c1-12(2)7-6-8-13(15-3)11-14-9-4-5-10-16-14/h12-15H,4-11H2,1-3H3. The second kappa shape index (κ2) is 8.08. The van der Waals surface area contributed by atoms with Crippen molar-refractivity contribution in [2.75, 3.05) is 13.7 Å². The van der Waals surface area contributed by atoms with E-state index in [4.69, 9.17) is 4.74 Å². The molecule has 1 aliphatic rings. The highest BCUT2D eigenvalue weighted by atomic mass is 16.5. The van der Waals surface area contributed by atoms with Gasteiger partial charge in [0.1, 0.15) is 0 Å². The molecule has 1 N–H and O–H groups in total. The minimum absolute atomic E-state index is 0.519. The molecule has 1 heterocycles. The Morgan fingerprint density at radius 3 is 2.62 bits per heavy atom. The molecular formula is C14H29NO. The SMILES string of the molecule is CNC(CCCC(C)C)CC1CCCCO1. The van der Waals surface area contributed by atoms with Gasteiger partial charge in [-0.2, -0.15) is 0 Å². The molecule has 0 radical (unpaired) electrons. The lowest BCUT2D eigenvalue weighted by Gasteiger charge is -2.27. The molecule has 2 atom stereocenters. The highest BCUT2D eigenvalue weighted by Gasteiger charge is 2.18. The van der Waals surface area contributed by atoms with E-state index < -0.39 is 0 Å². The van der Waals surface area contributed by atoms with Crippen molar-refractivity contribution in [2.24, 2.45) is 5.92 Å². The Hall–Kier alpha value is -0.0800. The summed E-state index contributed by atoms with van der Waals surface area (Å²) >= 11 is 0. The van der Waals surface area contributed by atoms with Gasteiger partial charge < -0.3 is 10.1 Å². The second-order valence-electron chi connectivity index (χ2n) is 5.53. The maximum absolute atomic E-state index is 5.80. The molecule has 2 unspecified atom stereocenters. The summed E-state index contributed by atoms with van der Waals surface area (Å²) in [5.74, 6) is 0.837. The highest BCUT2D eigenvalue weighted by Crippen LogP contribution is 2.19. The van der Waals surface area contributed by atoms with Crippen LogP contribution in [-0.4, -0.2) is 25.8 Å². The van der Waals surface area contributed by atoms with Gasteiger partial charge in [0.15, 0.2) is 0 Å². The number of ether oxygens (including phenoxy) is 1. The van der Waals surface area contributed by atoms with Crippen LogP contribution in [-0.2, 0) is 4.74 Å². The molecule has 0 amide bonds. The van der Waals surface area contributed by atoms with E-state index in [0.717, 1.165) is 12.5 Å². The van der Waals surface area contributed by atoms with E-state index in [1.165, 1.54) is 44.9 Å². The zero-order chi connectivity index (χ0) is 11.8. The van der Waals surface area contributed by atoms with Gasteiger partial charge in [0.05, 0.1) is 6.10 Å². The van der Waals surface area contributed by atoms with Crippen LogP contribution in [0.5, 0.6) is 0 Å². The lowest BCUT2D eigenvalue weighted by molar-refractivity contribution is 0.00499. The zero-order valence-electron chi connectivity index (χ0n) is 11.3. The molecule has 0 aromatic heterocycles. The molecule has 1 fully saturated rings. The topological polar surface area (TPSA) is 21.3 Å². The van der Waals surface area contributed by atoms with E-state index in [1.807, 2.05) is 0 Å². The van der Waals surface area contributed by atoms with Crippen molar-refractivity contribution in [3.05, 3.63) is 0 Å². The predicted molar refractivity (Wildman–Crippen MR) is 69.7 cm³/mol. The number of nitrogens with one attached hydrogen (secondary N) is 1. The van der Waals surface area contributed by atoms with Crippen LogP contribution in [0, 0.1) is 5.92 Å². The van der Waals surface area contributed by atoms with E-state index >= 15 is 0 Å². The Kier molecular flexibility index (Phi) is 7.06. The van der Waals surface area contributed by atoms with E-state index in [1.54, 1.807) is 0 Å². The van der Waals surface area contributed by atoms with Gasteiger partial charge in [-0.15, -0.1) is 0 Å². The second-order valence-corrected chi connectivity index (χ2v) is 5.53. The summed E-state index contributed by atoms with van der Waals surface area (Å²) in [4.78, 5) is 0. The summed E-state index contributed by atoms with van der Waals surface area (Å²) in [5.41, 5.74) is 0. The Labute approximate surface area is 101 Å². The lowest BCUT2D eigenvalue weighted by Crippen LogP contribution is -2.32. The average molecular weight is 227 g/mol. The molecule has 2 heteroatoms. The molecule has 0 bridgehead atoms. The van der Waals surface area contributed by atoms with Crippen LogP contribution < -0.4 is 5.32 Å². The molecule has 1 aliphatic heterocycles. The number of hydrogen-bond donors (Lipinski definition) is 1. The highest BCUT2D eigenvalue weighted by molar-refractivity contribution is 4.73. The van der Waals surface area contributed by atoms with Crippen molar-refractivity contribution in [1.29, 1.82) is 0 Å². The molecule has 0 spiro atoms. The smallest absolute Gasteiger partial charge is 0.0590 e. The third-order valence-corrected chi connectivity index (χ3v) is 3.56. The Bertz CT molecular complexity index is 164. The largest absolute Gasteiger partial charge is 0.378 e. The van der Waals surface area contributed by atoms with Crippen molar-refractivity contribution in [3.63, 3.8) is 0 Å². The number of rotatable bonds is 7. The first-order valence-electron chi connectivity index (χ1n) is 7.01. The van der Waals surface area contributed by atoms with Crippen LogP contribution >= 0.6 is 0 Å². The van der Waals surface area contributed by atoms with Crippen molar-refractivity contribution in [1.82, 2.24) is 5.32 Å². The minimum atomic E-state index is 0.519. The van der Waals surface area contributed by atoms with Gasteiger partial charge in [-0.25, -0.2) is 0 Å². The van der Waals surface area contributed by atoms with Gasteiger partial charge in [-0.3, -0.25) is 0 Å². The van der Waals surface area contributed by atoms with Crippen LogP contribution in [0.2, 0.25) is 0 Å². The van der Waals surface area contributed by atoms with Crippen LogP contribution in [0.25, 0.3) is 0 Å². The lowest BCUT2D eigenvalue weighted by atomic mass is 9.96. The van der Waals surface area contributed by atoms with Crippen molar-refractivity contribution in [3.8, 4) is 0 Å². The molecule has 16 heavy (non-hydrogen) atoms. The van der Waals surface area contributed by atoms with E-state index in [0.29, 0.717) is 12.1 Å². The summed E-state index contributed by atoms with van der Waals surface area (Å²) < 4.78 is 5.80. The van der Waals surface area contributed by atoms with Crippen molar-refractivity contribution in [2.45, 2.75) is 70.9 Å². The molecule has 0 aromatic rings. The maximum Gasteiger partial charge on any atom is 0.0590 e. The fourth-order valence-electron chi connectivity index (χ4n) is 2.46. The molecular weight excluding hydrogens is 198 g/mol. The first kappa shape index (κ1) is 14.0. The number of hydrogen-bond acceptors (Lipinski definition) is 2. The van der Waals surface area contributed by atoms with Gasteiger partial charge in [-0.1, -0.05) is 26.7 Å². The normalized spacial score (nSPS) is 23.6.